The molecule has 1 aliphatic carbocycles. The van der Waals surface area contributed by atoms with Crippen LogP contribution in [0.5, 0.6) is 5.75 Å². The number of thiocarbonyl (C=S) groups is 1. The smallest absolute Gasteiger partial charge is 0.202 e. The van der Waals surface area contributed by atoms with Gasteiger partial charge in [-0.05, 0) is 74.3 Å². The van der Waals surface area contributed by atoms with Crippen molar-refractivity contribution in [3.8, 4) is 5.75 Å². The molecule has 1 heterocycles. The average molecular weight is 380 g/mol. The molecule has 4 nitrogen and oxygen atoms in total. The summed E-state index contributed by atoms with van der Waals surface area (Å²) in [6.45, 7) is 4.24. The molecule has 2 aliphatic rings. The molecule has 140 valence electrons. The first-order valence-electron chi connectivity index (χ1n) is 9.57. The van der Waals surface area contributed by atoms with E-state index in [1.54, 1.807) is 12.1 Å². The SMILES string of the molecule is Cc1cccc(C)c1NC1=NC(=S)N(c2ccc(O)cc2)C12CCCCC2. The maximum atomic E-state index is 9.68. The van der Waals surface area contributed by atoms with Crippen molar-refractivity contribution in [2.24, 2.45) is 4.99 Å². The van der Waals surface area contributed by atoms with E-state index in [4.69, 9.17) is 17.2 Å². The standard InChI is InChI=1S/C22H25N3OS/c1-15-7-6-8-16(2)19(15)23-20-22(13-4-3-5-14-22)25(21(27)24-20)17-9-11-18(26)12-10-17/h6-12,26H,3-5,13-14H2,1-2H3,(H,23,24,27). The number of nitrogens with zero attached hydrogens (tertiary/aromatic N) is 2. The van der Waals surface area contributed by atoms with Gasteiger partial charge in [-0.2, -0.15) is 0 Å². The minimum Gasteiger partial charge on any atom is -0.508 e. The molecule has 5 heteroatoms. The van der Waals surface area contributed by atoms with Gasteiger partial charge in [-0.25, -0.2) is 4.99 Å². The number of hydrogen-bond acceptors (Lipinski definition) is 3. The quantitative estimate of drug-likeness (QED) is 0.693. The maximum Gasteiger partial charge on any atom is 0.202 e. The molecule has 0 aromatic heterocycles. The molecule has 0 atom stereocenters. The summed E-state index contributed by atoms with van der Waals surface area (Å²) in [7, 11) is 0. The van der Waals surface area contributed by atoms with E-state index in [1.807, 2.05) is 12.1 Å². The molecule has 1 saturated carbocycles. The van der Waals surface area contributed by atoms with Crippen LogP contribution in [0.3, 0.4) is 0 Å². The Balaban J connectivity index is 1.76. The minimum atomic E-state index is -0.235. The first-order chi connectivity index (χ1) is 13.0. The highest BCUT2D eigenvalue weighted by atomic mass is 32.1. The van der Waals surface area contributed by atoms with Crippen molar-refractivity contribution in [2.75, 3.05) is 10.2 Å². The van der Waals surface area contributed by atoms with Crippen molar-refractivity contribution in [3.05, 3.63) is 53.6 Å². The Morgan fingerprint density at radius 3 is 2.26 bits per heavy atom. The van der Waals surface area contributed by atoms with Gasteiger partial charge in [-0.3, -0.25) is 0 Å². The number of phenols is 1. The number of anilines is 2. The largest absolute Gasteiger partial charge is 0.508 e. The molecule has 0 saturated heterocycles. The highest BCUT2D eigenvalue weighted by Crippen LogP contribution is 2.42. The molecular weight excluding hydrogens is 354 g/mol. The normalized spacial score (nSPS) is 18.7. The molecule has 0 bridgehead atoms. The van der Waals surface area contributed by atoms with E-state index in [0.29, 0.717) is 5.11 Å². The van der Waals surface area contributed by atoms with Crippen molar-refractivity contribution in [1.82, 2.24) is 0 Å². The second kappa shape index (κ2) is 6.97. The first-order valence-corrected chi connectivity index (χ1v) is 9.98. The number of aryl methyl sites for hydroxylation is 2. The van der Waals surface area contributed by atoms with E-state index >= 15 is 0 Å². The van der Waals surface area contributed by atoms with Gasteiger partial charge < -0.3 is 15.3 Å². The van der Waals surface area contributed by atoms with Gasteiger partial charge in [0.05, 0.1) is 0 Å². The van der Waals surface area contributed by atoms with Crippen LogP contribution in [0.15, 0.2) is 47.5 Å². The fraction of sp³-hybridized carbons (Fsp3) is 0.364. The second-order valence-corrected chi connectivity index (χ2v) is 7.94. The van der Waals surface area contributed by atoms with Crippen LogP contribution in [0.4, 0.5) is 11.4 Å². The molecule has 4 rings (SSSR count). The number of rotatable bonds is 2. The summed E-state index contributed by atoms with van der Waals surface area (Å²) in [6.07, 6.45) is 5.60. The topological polar surface area (TPSA) is 47.9 Å². The fourth-order valence-electron chi connectivity index (χ4n) is 4.37. The van der Waals surface area contributed by atoms with Gasteiger partial charge in [0.2, 0.25) is 5.11 Å². The first kappa shape index (κ1) is 18.0. The number of aromatic hydroxyl groups is 1. The molecule has 2 aromatic carbocycles. The summed E-state index contributed by atoms with van der Waals surface area (Å²) < 4.78 is 0. The van der Waals surface area contributed by atoms with Gasteiger partial charge in [0.25, 0.3) is 0 Å². The monoisotopic (exact) mass is 379 g/mol. The van der Waals surface area contributed by atoms with E-state index in [9.17, 15) is 5.11 Å². The number of aliphatic imine (C=N–C) groups is 1. The van der Waals surface area contributed by atoms with Gasteiger partial charge in [0, 0.05) is 11.4 Å². The molecule has 1 spiro atoms. The Morgan fingerprint density at radius 2 is 1.63 bits per heavy atom. The fourth-order valence-corrected chi connectivity index (χ4v) is 4.74. The molecule has 2 aromatic rings. The lowest BCUT2D eigenvalue weighted by molar-refractivity contribution is 0.386. The van der Waals surface area contributed by atoms with Crippen LogP contribution in [0.25, 0.3) is 0 Å². The van der Waals surface area contributed by atoms with Crippen LogP contribution < -0.4 is 10.2 Å². The van der Waals surface area contributed by atoms with Crippen LogP contribution in [0.2, 0.25) is 0 Å². The van der Waals surface area contributed by atoms with Gasteiger partial charge in [-0.1, -0.05) is 37.5 Å². The number of hydrogen-bond donors (Lipinski definition) is 2. The minimum absolute atomic E-state index is 0.235. The summed E-state index contributed by atoms with van der Waals surface area (Å²) in [6, 6.07) is 13.6. The Morgan fingerprint density at radius 1 is 1.00 bits per heavy atom. The summed E-state index contributed by atoms with van der Waals surface area (Å²) in [5.74, 6) is 1.22. The van der Waals surface area contributed by atoms with Gasteiger partial charge in [0.15, 0.2) is 0 Å². The predicted molar refractivity (Wildman–Crippen MR) is 116 cm³/mol. The van der Waals surface area contributed by atoms with E-state index < -0.39 is 0 Å². The van der Waals surface area contributed by atoms with E-state index in [2.05, 4.69) is 42.3 Å². The zero-order chi connectivity index (χ0) is 19.0. The second-order valence-electron chi connectivity index (χ2n) is 7.58. The number of nitrogens with one attached hydrogen (secondary N) is 1. The Hall–Kier alpha value is -2.40. The molecule has 27 heavy (non-hydrogen) atoms. The molecule has 0 amide bonds. The van der Waals surface area contributed by atoms with Crippen molar-refractivity contribution in [3.63, 3.8) is 0 Å². The summed E-state index contributed by atoms with van der Waals surface area (Å²) in [5.41, 5.74) is 4.29. The zero-order valence-corrected chi connectivity index (χ0v) is 16.6. The Labute approximate surface area is 165 Å². The van der Waals surface area contributed by atoms with Crippen LogP contribution in [0, 0.1) is 13.8 Å². The summed E-state index contributed by atoms with van der Waals surface area (Å²) in [4.78, 5) is 7.01. The van der Waals surface area contributed by atoms with Crippen molar-refractivity contribution in [1.29, 1.82) is 0 Å². The zero-order valence-electron chi connectivity index (χ0n) is 15.8. The molecular formula is C22H25N3OS. The van der Waals surface area contributed by atoms with Crippen molar-refractivity contribution < 1.29 is 5.11 Å². The number of benzene rings is 2. The van der Waals surface area contributed by atoms with Crippen LogP contribution in [0.1, 0.15) is 43.2 Å². The third-order valence-corrected chi connectivity index (χ3v) is 6.05. The van der Waals surface area contributed by atoms with Crippen molar-refractivity contribution in [2.45, 2.75) is 51.5 Å². The number of amidine groups is 1. The lowest BCUT2D eigenvalue weighted by Gasteiger charge is -2.43. The lowest BCUT2D eigenvalue weighted by atomic mass is 9.79. The molecule has 0 radical (unpaired) electrons. The maximum absolute atomic E-state index is 9.68. The Kier molecular flexibility index (Phi) is 4.64. The molecule has 1 fully saturated rings. The lowest BCUT2D eigenvalue weighted by Crippen LogP contribution is -2.55. The van der Waals surface area contributed by atoms with Crippen LogP contribution in [-0.2, 0) is 0 Å². The predicted octanol–water partition coefficient (Wildman–Crippen LogP) is 5.33. The van der Waals surface area contributed by atoms with Crippen LogP contribution in [-0.4, -0.2) is 21.6 Å². The summed E-state index contributed by atoms with van der Waals surface area (Å²) in [5, 5.41) is 13.9. The summed E-state index contributed by atoms with van der Waals surface area (Å²) >= 11 is 5.70. The van der Waals surface area contributed by atoms with E-state index in [1.165, 1.54) is 17.5 Å². The van der Waals surface area contributed by atoms with Gasteiger partial charge in [-0.15, -0.1) is 0 Å². The van der Waals surface area contributed by atoms with Gasteiger partial charge in [0.1, 0.15) is 17.1 Å². The highest BCUT2D eigenvalue weighted by molar-refractivity contribution is 7.80. The van der Waals surface area contributed by atoms with Crippen LogP contribution >= 0.6 is 12.2 Å². The molecule has 0 unspecified atom stereocenters. The third-order valence-electron chi connectivity index (χ3n) is 5.78. The third kappa shape index (κ3) is 3.10. The van der Waals surface area contributed by atoms with Gasteiger partial charge >= 0.3 is 0 Å². The van der Waals surface area contributed by atoms with Crippen molar-refractivity contribution >= 4 is 34.5 Å². The number of para-hydroxylation sites is 1. The number of phenolic OH excluding ortho intramolecular Hbond substituents is 1. The Bertz CT molecular complexity index is 878. The van der Waals surface area contributed by atoms with E-state index in [-0.39, 0.29) is 11.3 Å². The molecule has 1 aliphatic heterocycles. The van der Waals surface area contributed by atoms with E-state index in [0.717, 1.165) is 42.9 Å². The average Bonchev–Trinajstić information content (AvgIpc) is 2.91. The molecule has 2 N–H and O–H groups in total. The highest BCUT2D eigenvalue weighted by Gasteiger charge is 2.49.